The van der Waals surface area contributed by atoms with E-state index in [-0.39, 0.29) is 6.10 Å². The molecule has 0 saturated carbocycles. The lowest BCUT2D eigenvalue weighted by Crippen LogP contribution is -2.33. The van der Waals surface area contributed by atoms with Gasteiger partial charge in [-0.15, -0.1) is 0 Å². The molecule has 0 aliphatic heterocycles. The van der Waals surface area contributed by atoms with E-state index in [9.17, 15) is 0 Å². The zero-order valence-electron chi connectivity index (χ0n) is 11.2. The van der Waals surface area contributed by atoms with Gasteiger partial charge in [-0.2, -0.15) is 0 Å². The standard InChI is InChI=1S/C14H23NO2/c1-11-7-5-6-8-14(11)12(2)15-9-13(17-4)10-16-3/h5-8,12-13,15H,9-10H2,1-4H3. The fourth-order valence-corrected chi connectivity index (χ4v) is 1.89. The Morgan fingerprint density at radius 3 is 2.53 bits per heavy atom. The van der Waals surface area contributed by atoms with Gasteiger partial charge < -0.3 is 14.8 Å². The van der Waals surface area contributed by atoms with Crippen LogP contribution in [0.15, 0.2) is 24.3 Å². The Labute approximate surface area is 104 Å². The van der Waals surface area contributed by atoms with E-state index in [1.165, 1.54) is 11.1 Å². The molecule has 3 heteroatoms. The molecule has 0 spiro atoms. The van der Waals surface area contributed by atoms with Crippen molar-refractivity contribution in [3.05, 3.63) is 35.4 Å². The highest BCUT2D eigenvalue weighted by Gasteiger charge is 2.11. The number of rotatable bonds is 7. The van der Waals surface area contributed by atoms with Gasteiger partial charge in [0.05, 0.1) is 12.7 Å². The molecular formula is C14H23NO2. The first-order chi connectivity index (χ1) is 8.19. The number of hydrogen-bond acceptors (Lipinski definition) is 3. The van der Waals surface area contributed by atoms with Gasteiger partial charge in [0.15, 0.2) is 0 Å². The summed E-state index contributed by atoms with van der Waals surface area (Å²) >= 11 is 0. The fourth-order valence-electron chi connectivity index (χ4n) is 1.89. The molecule has 2 atom stereocenters. The predicted octanol–water partition coefficient (Wildman–Crippen LogP) is 2.31. The van der Waals surface area contributed by atoms with Crippen LogP contribution in [0, 0.1) is 6.92 Å². The van der Waals surface area contributed by atoms with Crippen molar-refractivity contribution in [3.63, 3.8) is 0 Å². The van der Waals surface area contributed by atoms with E-state index in [0.29, 0.717) is 12.6 Å². The van der Waals surface area contributed by atoms with Gasteiger partial charge >= 0.3 is 0 Å². The second kappa shape index (κ2) is 7.43. The van der Waals surface area contributed by atoms with E-state index < -0.39 is 0 Å². The molecule has 1 aromatic carbocycles. The number of benzene rings is 1. The summed E-state index contributed by atoms with van der Waals surface area (Å²) in [6.45, 7) is 5.71. The van der Waals surface area contributed by atoms with Crippen LogP contribution < -0.4 is 5.32 Å². The second-order valence-electron chi connectivity index (χ2n) is 4.30. The zero-order valence-corrected chi connectivity index (χ0v) is 11.2. The molecule has 0 heterocycles. The van der Waals surface area contributed by atoms with Crippen molar-refractivity contribution in [2.75, 3.05) is 27.4 Å². The summed E-state index contributed by atoms with van der Waals surface area (Å²) in [4.78, 5) is 0. The minimum absolute atomic E-state index is 0.103. The summed E-state index contributed by atoms with van der Waals surface area (Å²) in [5, 5.41) is 3.47. The minimum Gasteiger partial charge on any atom is -0.382 e. The van der Waals surface area contributed by atoms with Gasteiger partial charge in [-0.3, -0.25) is 0 Å². The molecule has 0 aliphatic rings. The van der Waals surface area contributed by atoms with Gasteiger partial charge in [0.25, 0.3) is 0 Å². The van der Waals surface area contributed by atoms with Crippen LogP contribution in [0.2, 0.25) is 0 Å². The Balaban J connectivity index is 2.49. The van der Waals surface area contributed by atoms with Crippen molar-refractivity contribution in [2.24, 2.45) is 0 Å². The van der Waals surface area contributed by atoms with Gasteiger partial charge in [-0.1, -0.05) is 24.3 Å². The van der Waals surface area contributed by atoms with Gasteiger partial charge in [0.2, 0.25) is 0 Å². The quantitative estimate of drug-likeness (QED) is 0.789. The van der Waals surface area contributed by atoms with Crippen LogP contribution >= 0.6 is 0 Å². The molecule has 1 aromatic rings. The summed E-state index contributed by atoms with van der Waals surface area (Å²) in [5.74, 6) is 0. The molecule has 96 valence electrons. The third kappa shape index (κ3) is 4.46. The Morgan fingerprint density at radius 1 is 1.24 bits per heavy atom. The maximum Gasteiger partial charge on any atom is 0.0928 e. The van der Waals surface area contributed by atoms with Crippen LogP contribution in [0.5, 0.6) is 0 Å². The highest BCUT2D eigenvalue weighted by molar-refractivity contribution is 5.28. The lowest BCUT2D eigenvalue weighted by Gasteiger charge is -2.20. The second-order valence-corrected chi connectivity index (χ2v) is 4.30. The van der Waals surface area contributed by atoms with Crippen LogP contribution in [-0.4, -0.2) is 33.5 Å². The van der Waals surface area contributed by atoms with Gasteiger partial charge in [0.1, 0.15) is 0 Å². The first-order valence-corrected chi connectivity index (χ1v) is 5.99. The highest BCUT2D eigenvalue weighted by Crippen LogP contribution is 2.16. The third-order valence-corrected chi connectivity index (χ3v) is 2.99. The number of ether oxygens (including phenoxy) is 2. The first kappa shape index (κ1) is 14.2. The average Bonchev–Trinajstić information content (AvgIpc) is 2.34. The molecule has 1 N–H and O–H groups in total. The molecule has 0 fully saturated rings. The Bertz CT molecular complexity index is 328. The summed E-state index contributed by atoms with van der Waals surface area (Å²) in [6.07, 6.45) is 0.103. The molecule has 0 bridgehead atoms. The van der Waals surface area contributed by atoms with Crippen molar-refractivity contribution in [3.8, 4) is 0 Å². The highest BCUT2D eigenvalue weighted by atomic mass is 16.5. The molecule has 0 aromatic heterocycles. The first-order valence-electron chi connectivity index (χ1n) is 5.99. The SMILES string of the molecule is COCC(CNC(C)c1ccccc1C)OC. The van der Waals surface area contributed by atoms with E-state index in [1.54, 1.807) is 14.2 Å². The molecule has 0 amide bonds. The summed E-state index contributed by atoms with van der Waals surface area (Å²) in [6, 6.07) is 8.75. The largest absolute Gasteiger partial charge is 0.382 e. The van der Waals surface area contributed by atoms with Crippen LogP contribution in [-0.2, 0) is 9.47 Å². The Kier molecular flexibility index (Phi) is 6.19. The van der Waals surface area contributed by atoms with Crippen LogP contribution in [0.1, 0.15) is 24.1 Å². The van der Waals surface area contributed by atoms with Gasteiger partial charge in [-0.25, -0.2) is 0 Å². The van der Waals surface area contributed by atoms with Crippen LogP contribution in [0.25, 0.3) is 0 Å². The Morgan fingerprint density at radius 2 is 1.94 bits per heavy atom. The maximum atomic E-state index is 5.32. The molecular weight excluding hydrogens is 214 g/mol. The van der Waals surface area contributed by atoms with Crippen LogP contribution in [0.4, 0.5) is 0 Å². The van der Waals surface area contributed by atoms with Gasteiger partial charge in [-0.05, 0) is 25.0 Å². The number of nitrogens with one attached hydrogen (secondary N) is 1. The van der Waals surface area contributed by atoms with Crippen molar-refractivity contribution in [2.45, 2.75) is 26.0 Å². The maximum absolute atomic E-state index is 5.32. The van der Waals surface area contributed by atoms with Crippen molar-refractivity contribution in [1.82, 2.24) is 5.32 Å². The lowest BCUT2D eigenvalue weighted by molar-refractivity contribution is 0.0276. The average molecular weight is 237 g/mol. The van der Waals surface area contributed by atoms with E-state index in [1.807, 2.05) is 0 Å². The van der Waals surface area contributed by atoms with E-state index in [2.05, 4.69) is 43.4 Å². The van der Waals surface area contributed by atoms with Crippen molar-refractivity contribution < 1.29 is 9.47 Å². The number of hydrogen-bond donors (Lipinski definition) is 1. The lowest BCUT2D eigenvalue weighted by atomic mass is 10.0. The molecule has 0 saturated heterocycles. The topological polar surface area (TPSA) is 30.5 Å². The summed E-state index contributed by atoms with van der Waals surface area (Å²) in [7, 11) is 3.40. The molecule has 0 radical (unpaired) electrons. The van der Waals surface area contributed by atoms with E-state index in [0.717, 1.165) is 6.54 Å². The Hall–Kier alpha value is -0.900. The summed E-state index contributed by atoms with van der Waals surface area (Å²) in [5.41, 5.74) is 2.65. The molecule has 1 rings (SSSR count). The molecule has 2 unspecified atom stereocenters. The minimum atomic E-state index is 0.103. The third-order valence-electron chi connectivity index (χ3n) is 2.99. The summed E-state index contributed by atoms with van der Waals surface area (Å²) < 4.78 is 10.4. The molecule has 17 heavy (non-hydrogen) atoms. The number of methoxy groups -OCH3 is 2. The van der Waals surface area contributed by atoms with Crippen molar-refractivity contribution >= 4 is 0 Å². The molecule has 3 nitrogen and oxygen atoms in total. The normalized spacial score (nSPS) is 14.6. The predicted molar refractivity (Wildman–Crippen MR) is 70.3 cm³/mol. The zero-order chi connectivity index (χ0) is 12.7. The monoisotopic (exact) mass is 237 g/mol. The smallest absolute Gasteiger partial charge is 0.0928 e. The van der Waals surface area contributed by atoms with Crippen LogP contribution in [0.3, 0.4) is 0 Å². The van der Waals surface area contributed by atoms with E-state index >= 15 is 0 Å². The molecule has 0 aliphatic carbocycles. The fraction of sp³-hybridized carbons (Fsp3) is 0.571. The van der Waals surface area contributed by atoms with Crippen molar-refractivity contribution in [1.29, 1.82) is 0 Å². The number of aryl methyl sites for hydroxylation is 1. The van der Waals surface area contributed by atoms with Gasteiger partial charge in [0, 0.05) is 26.8 Å². The van der Waals surface area contributed by atoms with E-state index in [4.69, 9.17) is 9.47 Å².